The lowest BCUT2D eigenvalue weighted by Crippen LogP contribution is -2.13. The van der Waals surface area contributed by atoms with E-state index in [4.69, 9.17) is 0 Å². The average molecular weight is 260 g/mol. The van der Waals surface area contributed by atoms with Crippen LogP contribution in [0.5, 0.6) is 0 Å². The van der Waals surface area contributed by atoms with Gasteiger partial charge in [0.05, 0.1) is 0 Å². The Balaban J connectivity index is 1.92. The quantitative estimate of drug-likeness (QED) is 0.538. The summed E-state index contributed by atoms with van der Waals surface area (Å²) in [6.45, 7) is 0. The molecule has 0 radical (unpaired) electrons. The van der Waals surface area contributed by atoms with Crippen LogP contribution in [-0.2, 0) is 0 Å². The summed E-state index contributed by atoms with van der Waals surface area (Å²) < 4.78 is 0. The molecule has 0 saturated heterocycles. The van der Waals surface area contributed by atoms with E-state index in [1.54, 1.807) is 7.05 Å². The Kier molecular flexibility index (Phi) is 3.46. The molecule has 20 heavy (non-hydrogen) atoms. The van der Waals surface area contributed by atoms with Gasteiger partial charge >= 0.3 is 0 Å². The molecule has 0 aromatic heterocycles. The number of hydrogen-bond donors (Lipinski definition) is 1. The largest absolute Gasteiger partial charge is 0.340 e. The molecule has 0 amide bonds. The second-order valence-electron chi connectivity index (χ2n) is 4.63. The molecule has 0 atom stereocenters. The van der Waals surface area contributed by atoms with E-state index in [1.165, 1.54) is 10.8 Å². The van der Waals surface area contributed by atoms with Gasteiger partial charge in [0.1, 0.15) is 5.84 Å². The first kappa shape index (κ1) is 12.4. The van der Waals surface area contributed by atoms with Crippen LogP contribution in [0.25, 0.3) is 10.8 Å². The third-order valence-electron chi connectivity index (χ3n) is 3.28. The topological polar surface area (TPSA) is 24.4 Å². The molecule has 2 heteroatoms. The highest BCUT2D eigenvalue weighted by atomic mass is 15.0. The SMILES string of the molecule is CN=C(Nc1ccc2ccccc2c1)c1ccccc1. The van der Waals surface area contributed by atoms with E-state index in [0.29, 0.717) is 0 Å². The van der Waals surface area contributed by atoms with Crippen LogP contribution in [0.1, 0.15) is 5.56 Å². The van der Waals surface area contributed by atoms with Gasteiger partial charge in [0.15, 0.2) is 0 Å². The van der Waals surface area contributed by atoms with Crippen LogP contribution in [0.3, 0.4) is 0 Å². The maximum atomic E-state index is 4.34. The van der Waals surface area contributed by atoms with E-state index in [0.717, 1.165) is 17.1 Å². The lowest BCUT2D eigenvalue weighted by Gasteiger charge is -2.10. The van der Waals surface area contributed by atoms with Crippen molar-refractivity contribution in [1.82, 2.24) is 0 Å². The zero-order valence-electron chi connectivity index (χ0n) is 11.4. The van der Waals surface area contributed by atoms with Crippen molar-refractivity contribution < 1.29 is 0 Å². The zero-order valence-corrected chi connectivity index (χ0v) is 11.4. The fourth-order valence-electron chi connectivity index (χ4n) is 2.26. The molecule has 0 bridgehead atoms. The van der Waals surface area contributed by atoms with E-state index < -0.39 is 0 Å². The molecule has 2 nitrogen and oxygen atoms in total. The monoisotopic (exact) mass is 260 g/mol. The number of aliphatic imine (C=N–C) groups is 1. The number of nitrogens with one attached hydrogen (secondary N) is 1. The fraction of sp³-hybridized carbons (Fsp3) is 0.0556. The molecule has 0 heterocycles. The lowest BCUT2D eigenvalue weighted by atomic mass is 10.1. The van der Waals surface area contributed by atoms with Crippen LogP contribution in [0.4, 0.5) is 5.69 Å². The van der Waals surface area contributed by atoms with Gasteiger partial charge in [0, 0.05) is 18.3 Å². The normalized spacial score (nSPS) is 11.6. The van der Waals surface area contributed by atoms with E-state index >= 15 is 0 Å². The average Bonchev–Trinajstić information content (AvgIpc) is 2.53. The van der Waals surface area contributed by atoms with Gasteiger partial charge < -0.3 is 5.32 Å². The van der Waals surface area contributed by atoms with Crippen molar-refractivity contribution in [3.63, 3.8) is 0 Å². The molecule has 1 N–H and O–H groups in total. The Bertz CT molecular complexity index is 745. The van der Waals surface area contributed by atoms with E-state index in [9.17, 15) is 0 Å². The van der Waals surface area contributed by atoms with Crippen molar-refractivity contribution in [2.45, 2.75) is 0 Å². The predicted molar refractivity (Wildman–Crippen MR) is 86.5 cm³/mol. The first-order valence-corrected chi connectivity index (χ1v) is 6.65. The summed E-state index contributed by atoms with van der Waals surface area (Å²) in [5.74, 6) is 0.876. The molecule has 0 fully saturated rings. The summed E-state index contributed by atoms with van der Waals surface area (Å²) >= 11 is 0. The van der Waals surface area contributed by atoms with E-state index in [1.807, 2.05) is 18.2 Å². The van der Waals surface area contributed by atoms with Crippen molar-refractivity contribution in [3.05, 3.63) is 78.4 Å². The molecule has 3 aromatic rings. The van der Waals surface area contributed by atoms with Gasteiger partial charge in [-0.15, -0.1) is 0 Å². The van der Waals surface area contributed by atoms with Gasteiger partial charge in [0.2, 0.25) is 0 Å². The molecule has 0 saturated carbocycles. The van der Waals surface area contributed by atoms with Gasteiger partial charge in [-0.1, -0.05) is 60.7 Å². The Labute approximate surface area is 118 Å². The van der Waals surface area contributed by atoms with E-state index in [2.05, 4.69) is 64.9 Å². The molecule has 0 unspecified atom stereocenters. The molecule has 98 valence electrons. The first-order valence-electron chi connectivity index (χ1n) is 6.65. The van der Waals surface area contributed by atoms with Gasteiger partial charge in [-0.3, -0.25) is 4.99 Å². The van der Waals surface area contributed by atoms with Gasteiger partial charge in [0.25, 0.3) is 0 Å². The molecule has 0 spiro atoms. The Morgan fingerprint density at radius 2 is 1.50 bits per heavy atom. The maximum Gasteiger partial charge on any atom is 0.132 e. The summed E-state index contributed by atoms with van der Waals surface area (Å²) in [5, 5.41) is 5.85. The van der Waals surface area contributed by atoms with Crippen molar-refractivity contribution >= 4 is 22.3 Å². The van der Waals surface area contributed by atoms with Crippen LogP contribution in [0.2, 0.25) is 0 Å². The molecule has 0 aliphatic carbocycles. The summed E-state index contributed by atoms with van der Waals surface area (Å²) in [5.41, 5.74) is 2.14. The van der Waals surface area contributed by atoms with Crippen molar-refractivity contribution in [2.24, 2.45) is 4.99 Å². The Morgan fingerprint density at radius 1 is 0.800 bits per heavy atom. The number of nitrogens with zero attached hydrogens (tertiary/aromatic N) is 1. The summed E-state index contributed by atoms with van der Waals surface area (Å²) in [7, 11) is 1.80. The second kappa shape index (κ2) is 5.57. The van der Waals surface area contributed by atoms with Crippen LogP contribution < -0.4 is 5.32 Å². The molecular weight excluding hydrogens is 244 g/mol. The molecule has 0 aliphatic rings. The fourth-order valence-corrected chi connectivity index (χ4v) is 2.26. The van der Waals surface area contributed by atoms with Gasteiger partial charge in [-0.05, 0) is 22.9 Å². The number of benzene rings is 3. The van der Waals surface area contributed by atoms with Gasteiger partial charge in [-0.2, -0.15) is 0 Å². The third kappa shape index (κ3) is 2.54. The third-order valence-corrected chi connectivity index (χ3v) is 3.28. The van der Waals surface area contributed by atoms with Crippen molar-refractivity contribution in [1.29, 1.82) is 0 Å². The smallest absolute Gasteiger partial charge is 0.132 e. The molecule has 3 aromatic carbocycles. The summed E-state index contributed by atoms with van der Waals surface area (Å²) in [6.07, 6.45) is 0. The first-order chi connectivity index (χ1) is 9.86. The molecular formula is C18H16N2. The highest BCUT2D eigenvalue weighted by Crippen LogP contribution is 2.19. The molecule has 0 aliphatic heterocycles. The van der Waals surface area contributed by atoms with Crippen molar-refractivity contribution in [3.8, 4) is 0 Å². The van der Waals surface area contributed by atoms with Gasteiger partial charge in [-0.25, -0.2) is 0 Å². The number of anilines is 1. The lowest BCUT2D eigenvalue weighted by molar-refractivity contribution is 1.41. The minimum atomic E-state index is 0.876. The minimum absolute atomic E-state index is 0.876. The van der Waals surface area contributed by atoms with Crippen LogP contribution in [0, 0.1) is 0 Å². The van der Waals surface area contributed by atoms with Crippen molar-refractivity contribution in [2.75, 3.05) is 12.4 Å². The summed E-state index contributed by atoms with van der Waals surface area (Å²) in [6, 6.07) is 24.8. The predicted octanol–water partition coefficient (Wildman–Crippen LogP) is 4.33. The van der Waals surface area contributed by atoms with E-state index in [-0.39, 0.29) is 0 Å². The Morgan fingerprint density at radius 3 is 2.25 bits per heavy atom. The number of fused-ring (bicyclic) bond motifs is 1. The Hall–Kier alpha value is -2.61. The van der Waals surface area contributed by atoms with Crippen LogP contribution >= 0.6 is 0 Å². The number of amidine groups is 1. The highest BCUT2D eigenvalue weighted by molar-refractivity contribution is 6.08. The highest BCUT2D eigenvalue weighted by Gasteiger charge is 2.03. The number of rotatable bonds is 2. The second-order valence-corrected chi connectivity index (χ2v) is 4.63. The number of hydrogen-bond acceptors (Lipinski definition) is 1. The zero-order chi connectivity index (χ0) is 13.8. The molecule has 3 rings (SSSR count). The van der Waals surface area contributed by atoms with Crippen LogP contribution in [0.15, 0.2) is 77.8 Å². The minimum Gasteiger partial charge on any atom is -0.340 e. The van der Waals surface area contributed by atoms with Crippen LogP contribution in [-0.4, -0.2) is 12.9 Å². The summed E-state index contributed by atoms with van der Waals surface area (Å²) in [4.78, 5) is 4.34. The standard InChI is InChI=1S/C18H16N2/c1-19-18(15-8-3-2-4-9-15)20-17-12-11-14-7-5-6-10-16(14)13-17/h2-13H,1H3,(H,19,20). The maximum absolute atomic E-state index is 4.34.